The van der Waals surface area contributed by atoms with E-state index in [0.29, 0.717) is 6.04 Å². The maximum atomic E-state index is 12.7. The molecule has 0 amide bonds. The number of Topliss-reactive ketones (excluding diaryl/α,β-unsaturated/α-hetero) is 1. The number of rotatable bonds is 5. The van der Waals surface area contributed by atoms with Gasteiger partial charge in [0.15, 0.2) is 5.78 Å². The number of carbonyl (C=O) groups excluding carboxylic acids is 1. The molecular formula is C19H29NO. The van der Waals surface area contributed by atoms with E-state index in [9.17, 15) is 4.79 Å². The minimum absolute atomic E-state index is 0.272. The Hall–Kier alpha value is -1.15. The fourth-order valence-electron chi connectivity index (χ4n) is 3.06. The molecule has 2 heteroatoms. The van der Waals surface area contributed by atoms with E-state index in [1.807, 2.05) is 32.9 Å². The number of aryl methyl sites for hydroxylation is 1. The Morgan fingerprint density at radius 1 is 1.33 bits per heavy atom. The van der Waals surface area contributed by atoms with Gasteiger partial charge >= 0.3 is 0 Å². The van der Waals surface area contributed by atoms with Crippen LogP contribution < -0.4 is 5.32 Å². The average Bonchev–Trinajstić information content (AvgIpc) is 2.45. The van der Waals surface area contributed by atoms with Crippen molar-refractivity contribution >= 4 is 5.78 Å². The number of benzene rings is 1. The third kappa shape index (κ3) is 3.94. The zero-order valence-electron chi connectivity index (χ0n) is 14.0. The largest absolute Gasteiger partial charge is 0.314 e. The van der Waals surface area contributed by atoms with E-state index < -0.39 is 0 Å². The lowest BCUT2D eigenvalue weighted by molar-refractivity contribution is 0.0857. The van der Waals surface area contributed by atoms with Gasteiger partial charge in [-0.15, -0.1) is 0 Å². The summed E-state index contributed by atoms with van der Waals surface area (Å²) >= 11 is 0. The van der Waals surface area contributed by atoms with E-state index in [1.165, 1.54) is 30.4 Å². The summed E-state index contributed by atoms with van der Waals surface area (Å²) in [6, 6.07) is 6.78. The molecule has 1 aliphatic rings. The molecule has 1 atom stereocenters. The highest BCUT2D eigenvalue weighted by Gasteiger charge is 2.28. The van der Waals surface area contributed by atoms with Gasteiger partial charge in [-0.1, -0.05) is 52.3 Å². The molecule has 0 heterocycles. The van der Waals surface area contributed by atoms with Crippen LogP contribution in [-0.4, -0.2) is 18.4 Å². The number of nitrogens with one attached hydrogen (secondary N) is 1. The van der Waals surface area contributed by atoms with Crippen molar-refractivity contribution in [3.05, 3.63) is 34.9 Å². The lowest BCUT2D eigenvalue weighted by Crippen LogP contribution is -2.36. The molecule has 0 aromatic heterocycles. The van der Waals surface area contributed by atoms with Gasteiger partial charge in [-0.05, 0) is 43.4 Å². The van der Waals surface area contributed by atoms with Crippen molar-refractivity contribution in [3.8, 4) is 0 Å². The van der Waals surface area contributed by atoms with E-state index in [4.69, 9.17) is 0 Å². The number of carbonyl (C=O) groups is 1. The van der Waals surface area contributed by atoms with Crippen LogP contribution in [0.15, 0.2) is 18.2 Å². The molecule has 0 fully saturated rings. The standard InChI is InChI=1S/C19H29NO/c1-5-6-12-20-15-11-10-14-8-7-9-16(17(14)13-15)18(21)19(2,3)4/h7-9,15,20H,5-6,10-13H2,1-4H3. The van der Waals surface area contributed by atoms with E-state index in [1.54, 1.807) is 0 Å². The quantitative estimate of drug-likeness (QED) is 0.651. The zero-order valence-corrected chi connectivity index (χ0v) is 14.0. The Kier molecular flexibility index (Phi) is 5.21. The summed E-state index contributed by atoms with van der Waals surface area (Å²) in [5, 5.41) is 3.66. The summed E-state index contributed by atoms with van der Waals surface area (Å²) in [4.78, 5) is 12.7. The average molecular weight is 287 g/mol. The Morgan fingerprint density at radius 3 is 2.76 bits per heavy atom. The van der Waals surface area contributed by atoms with E-state index in [2.05, 4.69) is 18.3 Å². The van der Waals surface area contributed by atoms with Crippen LogP contribution >= 0.6 is 0 Å². The SMILES string of the molecule is CCCCNC1CCc2cccc(C(=O)C(C)(C)C)c2C1. The molecule has 1 aromatic carbocycles. The number of ketones is 1. The van der Waals surface area contributed by atoms with Gasteiger partial charge < -0.3 is 5.32 Å². The molecule has 0 spiro atoms. The van der Waals surface area contributed by atoms with Crippen LogP contribution in [0, 0.1) is 5.41 Å². The Morgan fingerprint density at radius 2 is 2.10 bits per heavy atom. The second-order valence-electron chi connectivity index (χ2n) is 7.27. The molecule has 1 aliphatic carbocycles. The van der Waals surface area contributed by atoms with Crippen molar-refractivity contribution in [2.75, 3.05) is 6.54 Å². The molecule has 0 saturated heterocycles. The molecule has 1 aromatic rings. The van der Waals surface area contributed by atoms with Gasteiger partial charge in [-0.3, -0.25) is 4.79 Å². The Balaban J connectivity index is 2.19. The molecule has 0 aliphatic heterocycles. The molecule has 0 bridgehead atoms. The highest BCUT2D eigenvalue weighted by Crippen LogP contribution is 2.29. The van der Waals surface area contributed by atoms with Crippen molar-refractivity contribution in [2.24, 2.45) is 5.41 Å². The lowest BCUT2D eigenvalue weighted by Gasteiger charge is -2.29. The van der Waals surface area contributed by atoms with Gasteiger partial charge in [-0.25, -0.2) is 0 Å². The molecule has 0 saturated carbocycles. The summed E-state index contributed by atoms with van der Waals surface area (Å²) < 4.78 is 0. The number of unbranched alkanes of at least 4 members (excludes halogenated alkanes) is 1. The maximum absolute atomic E-state index is 12.7. The van der Waals surface area contributed by atoms with Gasteiger partial charge in [0.25, 0.3) is 0 Å². The molecule has 1 N–H and O–H groups in total. The van der Waals surface area contributed by atoms with Crippen LogP contribution in [0.5, 0.6) is 0 Å². The second kappa shape index (κ2) is 6.74. The normalized spacial score (nSPS) is 18.4. The summed E-state index contributed by atoms with van der Waals surface area (Å²) in [5.74, 6) is 0.272. The monoisotopic (exact) mass is 287 g/mol. The molecule has 2 nitrogen and oxygen atoms in total. The summed E-state index contributed by atoms with van der Waals surface area (Å²) in [6.45, 7) is 9.33. The van der Waals surface area contributed by atoms with Crippen LogP contribution in [-0.2, 0) is 12.8 Å². The number of hydrogen-bond acceptors (Lipinski definition) is 2. The van der Waals surface area contributed by atoms with E-state index in [0.717, 1.165) is 24.9 Å². The minimum atomic E-state index is -0.308. The van der Waals surface area contributed by atoms with Crippen LogP contribution in [0.25, 0.3) is 0 Å². The molecule has 0 radical (unpaired) electrons. The first-order valence-corrected chi connectivity index (χ1v) is 8.32. The third-order valence-electron chi connectivity index (χ3n) is 4.37. The highest BCUT2D eigenvalue weighted by molar-refractivity contribution is 6.01. The predicted molar refractivity (Wildman–Crippen MR) is 89.0 cm³/mol. The molecule has 116 valence electrons. The van der Waals surface area contributed by atoms with Crippen molar-refractivity contribution in [1.29, 1.82) is 0 Å². The third-order valence-corrected chi connectivity index (χ3v) is 4.37. The van der Waals surface area contributed by atoms with Crippen LogP contribution in [0.2, 0.25) is 0 Å². The fraction of sp³-hybridized carbons (Fsp3) is 0.632. The fourth-order valence-corrected chi connectivity index (χ4v) is 3.06. The van der Waals surface area contributed by atoms with Gasteiger partial charge in [-0.2, -0.15) is 0 Å². The van der Waals surface area contributed by atoms with Crippen LogP contribution in [0.3, 0.4) is 0 Å². The van der Waals surface area contributed by atoms with E-state index in [-0.39, 0.29) is 11.2 Å². The number of fused-ring (bicyclic) bond motifs is 1. The summed E-state index contributed by atoms with van der Waals surface area (Å²) in [5.41, 5.74) is 3.30. The van der Waals surface area contributed by atoms with Crippen molar-refractivity contribution in [3.63, 3.8) is 0 Å². The topological polar surface area (TPSA) is 29.1 Å². The molecule has 2 rings (SSSR count). The maximum Gasteiger partial charge on any atom is 0.168 e. The minimum Gasteiger partial charge on any atom is -0.314 e. The van der Waals surface area contributed by atoms with Gasteiger partial charge in [0.1, 0.15) is 0 Å². The van der Waals surface area contributed by atoms with Crippen molar-refractivity contribution < 1.29 is 4.79 Å². The second-order valence-corrected chi connectivity index (χ2v) is 7.27. The smallest absolute Gasteiger partial charge is 0.168 e. The summed E-state index contributed by atoms with van der Waals surface area (Å²) in [6.07, 6.45) is 5.72. The predicted octanol–water partition coefficient (Wildman–Crippen LogP) is 4.16. The van der Waals surface area contributed by atoms with Gasteiger partial charge in [0.2, 0.25) is 0 Å². The zero-order chi connectivity index (χ0) is 15.5. The van der Waals surface area contributed by atoms with Gasteiger partial charge in [0, 0.05) is 17.0 Å². The van der Waals surface area contributed by atoms with E-state index >= 15 is 0 Å². The van der Waals surface area contributed by atoms with Crippen LogP contribution in [0.1, 0.15) is 68.4 Å². The van der Waals surface area contributed by atoms with Gasteiger partial charge in [0.05, 0.1) is 0 Å². The first-order valence-electron chi connectivity index (χ1n) is 8.32. The number of hydrogen-bond donors (Lipinski definition) is 1. The molecule has 1 unspecified atom stereocenters. The molecular weight excluding hydrogens is 258 g/mol. The first kappa shape index (κ1) is 16.2. The Labute approximate surface area is 129 Å². The first-order chi connectivity index (χ1) is 9.93. The highest BCUT2D eigenvalue weighted by atomic mass is 16.1. The molecule has 21 heavy (non-hydrogen) atoms. The van der Waals surface area contributed by atoms with Crippen LogP contribution in [0.4, 0.5) is 0 Å². The van der Waals surface area contributed by atoms with Crippen molar-refractivity contribution in [1.82, 2.24) is 5.32 Å². The Bertz CT molecular complexity index is 499. The lowest BCUT2D eigenvalue weighted by atomic mass is 9.79. The summed E-state index contributed by atoms with van der Waals surface area (Å²) in [7, 11) is 0. The van der Waals surface area contributed by atoms with Crippen molar-refractivity contribution in [2.45, 2.75) is 65.8 Å².